The van der Waals surface area contributed by atoms with E-state index in [1.54, 1.807) is 37.7 Å². The molecule has 0 aliphatic carbocycles. The number of piperazine rings is 1. The van der Waals surface area contributed by atoms with E-state index in [0.717, 1.165) is 18.4 Å². The fraction of sp³-hybridized carbons (Fsp3) is 0.552. The van der Waals surface area contributed by atoms with Crippen molar-refractivity contribution in [2.24, 2.45) is 0 Å². The first-order valence-corrected chi connectivity index (χ1v) is 16.3. The molecule has 236 valence electrons. The third-order valence-corrected chi connectivity index (χ3v) is 8.79. The molecule has 1 saturated heterocycles. The van der Waals surface area contributed by atoms with E-state index >= 15 is 0 Å². The molecule has 1 N–H and O–H groups in total. The lowest BCUT2D eigenvalue weighted by atomic mass is 10.2. The summed E-state index contributed by atoms with van der Waals surface area (Å²) >= 11 is 0. The van der Waals surface area contributed by atoms with Gasteiger partial charge in [0, 0.05) is 51.9 Å². The monoisotopic (exact) mass is 618 g/mol. The van der Waals surface area contributed by atoms with Gasteiger partial charge in [-0.1, -0.05) is 43.7 Å². The zero-order valence-electron chi connectivity index (χ0n) is 25.7. The Labute approximate surface area is 253 Å². The maximum absolute atomic E-state index is 13.8. The van der Waals surface area contributed by atoms with Crippen molar-refractivity contribution in [1.29, 1.82) is 0 Å². The molecule has 43 heavy (non-hydrogen) atoms. The average molecular weight is 619 g/mol. The Balaban J connectivity index is 1.85. The number of hydrogen-bond acceptors (Lipinski definition) is 10. The molecule has 0 radical (unpaired) electrons. The van der Waals surface area contributed by atoms with Crippen molar-refractivity contribution in [2.45, 2.75) is 39.7 Å². The highest BCUT2D eigenvalue weighted by molar-refractivity contribution is 7.54. The summed E-state index contributed by atoms with van der Waals surface area (Å²) in [6, 6.07) is 9.52. The fourth-order valence-electron chi connectivity index (χ4n) is 4.40. The normalized spacial score (nSPS) is 14.3. The summed E-state index contributed by atoms with van der Waals surface area (Å²) in [6.07, 6.45) is 0.905. The Hall–Kier alpha value is -3.54. The van der Waals surface area contributed by atoms with Crippen molar-refractivity contribution in [3.05, 3.63) is 42.1 Å². The predicted molar refractivity (Wildman–Crippen MR) is 163 cm³/mol. The summed E-state index contributed by atoms with van der Waals surface area (Å²) in [7, 11) is -0.149. The van der Waals surface area contributed by atoms with Gasteiger partial charge < -0.3 is 33.8 Å². The second-order valence-electron chi connectivity index (χ2n) is 10.1. The molecule has 0 bridgehead atoms. The van der Waals surface area contributed by atoms with Gasteiger partial charge >= 0.3 is 13.7 Å². The first kappa shape index (κ1) is 34.0. The van der Waals surface area contributed by atoms with E-state index in [1.165, 1.54) is 11.0 Å². The van der Waals surface area contributed by atoms with Crippen LogP contribution in [0.1, 0.15) is 44.1 Å². The molecule has 0 saturated carbocycles. The summed E-state index contributed by atoms with van der Waals surface area (Å²) < 4.78 is 29.7. The Morgan fingerprint density at radius 2 is 1.60 bits per heavy atom. The van der Waals surface area contributed by atoms with Gasteiger partial charge in [0.25, 0.3) is 5.91 Å². The molecule has 1 aromatic carbocycles. The second-order valence-corrected chi connectivity index (χ2v) is 12.2. The van der Waals surface area contributed by atoms with Gasteiger partial charge in [0.05, 0.1) is 26.0 Å². The van der Waals surface area contributed by atoms with Gasteiger partial charge in [0.2, 0.25) is 5.91 Å². The summed E-state index contributed by atoms with van der Waals surface area (Å²) in [4.78, 5) is 53.7. The van der Waals surface area contributed by atoms with E-state index in [4.69, 9.17) is 13.8 Å². The molecule has 3 amide bonds. The van der Waals surface area contributed by atoms with Gasteiger partial charge in [-0.05, 0) is 20.3 Å². The van der Waals surface area contributed by atoms with Crippen molar-refractivity contribution in [2.75, 3.05) is 71.2 Å². The maximum atomic E-state index is 13.8. The number of rotatable bonds is 14. The molecule has 1 unspecified atom stereocenters. The van der Waals surface area contributed by atoms with E-state index in [9.17, 15) is 18.9 Å². The molecule has 14 heteroatoms. The molecular weight excluding hydrogens is 575 g/mol. The summed E-state index contributed by atoms with van der Waals surface area (Å²) in [5.74, 6) is -0.259. The molecule has 2 aromatic rings. The third-order valence-electron chi connectivity index (χ3n) is 6.67. The van der Waals surface area contributed by atoms with Crippen LogP contribution in [-0.4, -0.2) is 110 Å². The minimum Gasteiger partial charge on any atom is -0.449 e. The number of amides is 3. The van der Waals surface area contributed by atoms with Crippen LogP contribution in [0.5, 0.6) is 0 Å². The van der Waals surface area contributed by atoms with E-state index < -0.39 is 31.5 Å². The van der Waals surface area contributed by atoms with Crippen molar-refractivity contribution in [3.63, 3.8) is 0 Å². The van der Waals surface area contributed by atoms with Crippen molar-refractivity contribution >= 4 is 31.3 Å². The second kappa shape index (κ2) is 16.3. The lowest BCUT2D eigenvalue weighted by Gasteiger charge is -2.36. The van der Waals surface area contributed by atoms with Crippen LogP contribution < -0.4 is 10.2 Å². The van der Waals surface area contributed by atoms with Gasteiger partial charge in [0.1, 0.15) is 17.6 Å². The minimum atomic E-state index is -3.74. The molecule has 1 aliphatic rings. The number of carbonyl (C=O) groups excluding carboxylic acids is 3. The van der Waals surface area contributed by atoms with Crippen molar-refractivity contribution < 1.29 is 32.7 Å². The molecular formula is C29H43N6O7P. The largest absolute Gasteiger partial charge is 0.449 e. The van der Waals surface area contributed by atoms with Crippen LogP contribution in [0.4, 0.5) is 10.6 Å². The van der Waals surface area contributed by atoms with Crippen LogP contribution in [0.3, 0.4) is 0 Å². The van der Waals surface area contributed by atoms with Crippen LogP contribution in [0.2, 0.25) is 0 Å². The van der Waals surface area contributed by atoms with Gasteiger partial charge in [-0.3, -0.25) is 14.2 Å². The number of carbonyl (C=O) groups is 3. The molecule has 3 rings (SSSR count). The Bertz CT molecular complexity index is 1260. The first-order chi connectivity index (χ1) is 20.6. The number of unbranched alkanes of at least 4 members (excludes halogenated alkanes) is 1. The third kappa shape index (κ3) is 9.74. The highest BCUT2D eigenvalue weighted by atomic mass is 31.2. The van der Waals surface area contributed by atoms with Crippen LogP contribution in [-0.2, 0) is 23.1 Å². The average Bonchev–Trinajstić information content (AvgIpc) is 3.00. The Kier molecular flexibility index (Phi) is 12.9. The van der Waals surface area contributed by atoms with Gasteiger partial charge in [-0.15, -0.1) is 0 Å². The lowest BCUT2D eigenvalue weighted by Crippen LogP contribution is -2.57. The number of benzene rings is 1. The number of hydrogen-bond donors (Lipinski definition) is 1. The topological polar surface area (TPSA) is 144 Å². The van der Waals surface area contributed by atoms with Gasteiger partial charge in [-0.2, -0.15) is 0 Å². The van der Waals surface area contributed by atoms with Crippen molar-refractivity contribution in [3.8, 4) is 11.4 Å². The Morgan fingerprint density at radius 1 is 0.977 bits per heavy atom. The Morgan fingerprint density at radius 3 is 2.19 bits per heavy atom. The molecule has 2 heterocycles. The first-order valence-electron chi connectivity index (χ1n) is 14.6. The number of aromatic nitrogens is 2. The van der Waals surface area contributed by atoms with Gasteiger partial charge in [0.15, 0.2) is 5.82 Å². The maximum Gasteiger partial charge on any atom is 0.409 e. The van der Waals surface area contributed by atoms with E-state index in [-0.39, 0.29) is 51.2 Å². The van der Waals surface area contributed by atoms with Crippen LogP contribution in [0.15, 0.2) is 36.4 Å². The summed E-state index contributed by atoms with van der Waals surface area (Å²) in [5, 5.41) is 2.74. The number of ether oxygens (including phenoxy) is 1. The number of nitrogens with one attached hydrogen (secondary N) is 1. The van der Waals surface area contributed by atoms with E-state index in [0.29, 0.717) is 18.2 Å². The molecule has 0 spiro atoms. The van der Waals surface area contributed by atoms with Crippen LogP contribution >= 0.6 is 7.60 Å². The van der Waals surface area contributed by atoms with Crippen molar-refractivity contribution in [1.82, 2.24) is 25.1 Å². The molecule has 1 atom stereocenters. The SMILES string of the molecule is CCCCOC(=O)N1CCN(C(=O)C(CP(=O)(OCC)OCC)NC(=O)c2cc(N(C)C)nc(-c3ccccc3)n2)CC1. The minimum absolute atomic E-state index is 0.0395. The summed E-state index contributed by atoms with van der Waals surface area (Å²) in [5.41, 5.74) is 0.758. The lowest BCUT2D eigenvalue weighted by molar-refractivity contribution is -0.134. The standard InChI is InChI=1S/C29H43N6O7P/c1-6-9-19-40-29(38)35-17-15-34(16-18-35)28(37)24(21-43(39,41-7-2)42-8-3)31-27(36)23-20-25(33(4)5)32-26(30-23)22-13-11-10-12-14-22/h10-14,20,24H,6-9,15-19,21H2,1-5H3,(H,31,36). The fourth-order valence-corrected chi connectivity index (χ4v) is 6.17. The zero-order chi connectivity index (χ0) is 31.4. The predicted octanol–water partition coefficient (Wildman–Crippen LogP) is 3.66. The molecule has 1 aliphatic heterocycles. The van der Waals surface area contributed by atoms with E-state index in [1.807, 2.05) is 37.3 Å². The molecule has 1 aromatic heterocycles. The van der Waals surface area contributed by atoms with Gasteiger partial charge in [-0.25, -0.2) is 14.8 Å². The van der Waals surface area contributed by atoms with Crippen LogP contribution in [0.25, 0.3) is 11.4 Å². The molecule has 13 nitrogen and oxygen atoms in total. The van der Waals surface area contributed by atoms with E-state index in [2.05, 4.69) is 15.3 Å². The quantitative estimate of drug-likeness (QED) is 0.246. The highest BCUT2D eigenvalue weighted by Crippen LogP contribution is 2.48. The summed E-state index contributed by atoms with van der Waals surface area (Å²) in [6.45, 7) is 6.89. The zero-order valence-corrected chi connectivity index (χ0v) is 26.5. The smallest absolute Gasteiger partial charge is 0.409 e. The highest BCUT2D eigenvalue weighted by Gasteiger charge is 2.37. The molecule has 1 fully saturated rings. The number of anilines is 1. The van der Waals surface area contributed by atoms with Crippen LogP contribution in [0, 0.1) is 0 Å². The number of nitrogens with zero attached hydrogens (tertiary/aromatic N) is 5.